The van der Waals surface area contributed by atoms with Gasteiger partial charge in [-0.1, -0.05) is 18.2 Å². The molecule has 130 valence electrons. The molecule has 2 aromatic heterocycles. The minimum atomic E-state index is 0.248. The average Bonchev–Trinajstić information content (AvgIpc) is 2.98. The van der Waals surface area contributed by atoms with Gasteiger partial charge in [-0.15, -0.1) is 15.3 Å². The minimum absolute atomic E-state index is 0.248. The zero-order chi connectivity index (χ0) is 18.1. The van der Waals surface area contributed by atoms with Crippen LogP contribution in [-0.2, 0) is 6.42 Å². The van der Waals surface area contributed by atoms with Crippen molar-refractivity contribution >= 4 is 17.2 Å². The first-order valence-electron chi connectivity index (χ1n) is 8.41. The summed E-state index contributed by atoms with van der Waals surface area (Å²) in [5.74, 6) is 1.72. The fourth-order valence-corrected chi connectivity index (χ4v) is 3.00. The number of nitrogens with zero attached hydrogens (tertiary/aromatic N) is 4. The second kappa shape index (κ2) is 6.48. The van der Waals surface area contributed by atoms with Crippen molar-refractivity contribution in [1.82, 2.24) is 19.8 Å². The van der Waals surface area contributed by atoms with Crippen LogP contribution in [0.25, 0.3) is 5.65 Å². The van der Waals surface area contributed by atoms with Crippen LogP contribution in [-0.4, -0.2) is 24.9 Å². The predicted octanol–water partition coefficient (Wildman–Crippen LogP) is 3.78. The quantitative estimate of drug-likeness (QED) is 0.589. The number of hydrogen-bond donors (Lipinski definition) is 2. The second-order valence-electron chi connectivity index (χ2n) is 6.45. The van der Waals surface area contributed by atoms with E-state index in [2.05, 4.69) is 52.7 Å². The molecule has 0 saturated carbocycles. The molecule has 0 unspecified atom stereocenters. The summed E-state index contributed by atoms with van der Waals surface area (Å²) in [6.45, 7) is 4.15. The topological polar surface area (TPSA) is 75.3 Å². The van der Waals surface area contributed by atoms with E-state index in [9.17, 15) is 5.11 Å². The van der Waals surface area contributed by atoms with E-state index in [1.807, 2.05) is 24.3 Å². The van der Waals surface area contributed by atoms with Crippen LogP contribution in [0.15, 0.2) is 54.6 Å². The SMILES string of the molecule is Cc1cc(C)cc(Nc2ccc3nnc(Cc4ccc(O)cc4)n3n2)c1. The summed E-state index contributed by atoms with van der Waals surface area (Å²) in [6.07, 6.45) is 0.585. The number of phenols is 1. The van der Waals surface area contributed by atoms with Crippen molar-refractivity contribution in [3.8, 4) is 5.75 Å². The molecule has 26 heavy (non-hydrogen) atoms. The summed E-state index contributed by atoms with van der Waals surface area (Å²) < 4.78 is 1.75. The molecule has 0 aliphatic heterocycles. The van der Waals surface area contributed by atoms with Gasteiger partial charge in [-0.3, -0.25) is 0 Å². The van der Waals surface area contributed by atoms with Crippen molar-refractivity contribution in [1.29, 1.82) is 0 Å². The largest absolute Gasteiger partial charge is 0.508 e. The van der Waals surface area contributed by atoms with E-state index in [-0.39, 0.29) is 5.75 Å². The third-order valence-corrected chi connectivity index (χ3v) is 4.12. The number of aryl methyl sites for hydroxylation is 2. The molecule has 0 saturated heterocycles. The van der Waals surface area contributed by atoms with E-state index in [0.29, 0.717) is 12.1 Å². The third kappa shape index (κ3) is 3.35. The first kappa shape index (κ1) is 16.1. The minimum Gasteiger partial charge on any atom is -0.508 e. The monoisotopic (exact) mass is 345 g/mol. The van der Waals surface area contributed by atoms with Crippen LogP contribution < -0.4 is 5.32 Å². The van der Waals surface area contributed by atoms with Crippen LogP contribution in [0, 0.1) is 13.8 Å². The zero-order valence-corrected chi connectivity index (χ0v) is 14.6. The molecular formula is C20H19N5O. The summed E-state index contributed by atoms with van der Waals surface area (Å²) >= 11 is 0. The van der Waals surface area contributed by atoms with Gasteiger partial charge < -0.3 is 10.4 Å². The van der Waals surface area contributed by atoms with Crippen molar-refractivity contribution in [2.24, 2.45) is 0 Å². The van der Waals surface area contributed by atoms with E-state index in [4.69, 9.17) is 0 Å². The standard InChI is InChI=1S/C20H19N5O/c1-13-9-14(2)11-16(10-13)21-18-7-8-19-22-23-20(25(19)24-18)12-15-3-5-17(26)6-4-15/h3-11,26H,12H2,1-2H3,(H,21,24). The summed E-state index contributed by atoms with van der Waals surface area (Å²) in [6, 6.07) is 17.2. The maximum absolute atomic E-state index is 9.42. The molecule has 0 spiro atoms. The molecule has 0 bridgehead atoms. The molecule has 0 aliphatic carbocycles. The highest BCUT2D eigenvalue weighted by atomic mass is 16.3. The highest BCUT2D eigenvalue weighted by Gasteiger charge is 2.09. The number of phenolic OH excluding ortho intramolecular Hbond substituents is 1. The molecule has 2 N–H and O–H groups in total. The Morgan fingerprint density at radius 3 is 2.38 bits per heavy atom. The van der Waals surface area contributed by atoms with Crippen LogP contribution in [0.4, 0.5) is 11.5 Å². The predicted molar refractivity (Wildman–Crippen MR) is 101 cm³/mol. The maximum atomic E-state index is 9.42. The van der Waals surface area contributed by atoms with Gasteiger partial charge in [-0.25, -0.2) is 0 Å². The second-order valence-corrected chi connectivity index (χ2v) is 6.45. The van der Waals surface area contributed by atoms with Gasteiger partial charge in [0.25, 0.3) is 0 Å². The van der Waals surface area contributed by atoms with Crippen LogP contribution >= 0.6 is 0 Å². The van der Waals surface area contributed by atoms with Gasteiger partial charge in [0.1, 0.15) is 5.75 Å². The molecule has 4 aromatic rings. The van der Waals surface area contributed by atoms with E-state index in [1.165, 1.54) is 11.1 Å². The Morgan fingerprint density at radius 1 is 0.923 bits per heavy atom. The van der Waals surface area contributed by atoms with Crippen molar-refractivity contribution in [2.45, 2.75) is 20.3 Å². The summed E-state index contributed by atoms with van der Waals surface area (Å²) in [4.78, 5) is 0. The Hall–Kier alpha value is -3.41. The lowest BCUT2D eigenvalue weighted by Gasteiger charge is -2.08. The van der Waals surface area contributed by atoms with Gasteiger partial charge in [0.05, 0.1) is 0 Å². The molecule has 2 heterocycles. The molecule has 0 aliphatic rings. The summed E-state index contributed by atoms with van der Waals surface area (Å²) in [5.41, 5.74) is 5.13. The molecule has 0 fully saturated rings. The molecule has 6 heteroatoms. The van der Waals surface area contributed by atoms with Crippen molar-refractivity contribution in [2.75, 3.05) is 5.32 Å². The van der Waals surface area contributed by atoms with Gasteiger partial charge in [-0.05, 0) is 66.9 Å². The van der Waals surface area contributed by atoms with E-state index in [1.54, 1.807) is 16.6 Å². The van der Waals surface area contributed by atoms with E-state index < -0.39 is 0 Å². The molecule has 0 amide bonds. The lowest BCUT2D eigenvalue weighted by Crippen LogP contribution is -2.03. The van der Waals surface area contributed by atoms with Gasteiger partial charge >= 0.3 is 0 Å². The molecule has 0 radical (unpaired) electrons. The number of fused-ring (bicyclic) bond motifs is 1. The van der Waals surface area contributed by atoms with E-state index in [0.717, 1.165) is 22.9 Å². The first-order chi connectivity index (χ1) is 12.6. The number of benzene rings is 2. The van der Waals surface area contributed by atoms with Crippen LogP contribution in [0.2, 0.25) is 0 Å². The fourth-order valence-electron chi connectivity index (χ4n) is 3.00. The Bertz CT molecular complexity index is 1050. The fraction of sp³-hybridized carbons (Fsp3) is 0.150. The van der Waals surface area contributed by atoms with Crippen molar-refractivity contribution < 1.29 is 5.11 Å². The molecular weight excluding hydrogens is 326 g/mol. The molecule has 2 aromatic carbocycles. The lowest BCUT2D eigenvalue weighted by molar-refractivity contribution is 0.475. The average molecular weight is 345 g/mol. The van der Waals surface area contributed by atoms with Gasteiger partial charge in [0, 0.05) is 12.1 Å². The normalized spacial score (nSPS) is 11.0. The van der Waals surface area contributed by atoms with Gasteiger partial charge in [-0.2, -0.15) is 4.52 Å². The number of hydrogen-bond acceptors (Lipinski definition) is 5. The van der Waals surface area contributed by atoms with Crippen LogP contribution in [0.5, 0.6) is 5.75 Å². The third-order valence-electron chi connectivity index (χ3n) is 4.12. The molecule has 4 rings (SSSR count). The first-order valence-corrected chi connectivity index (χ1v) is 8.41. The van der Waals surface area contributed by atoms with Crippen LogP contribution in [0.3, 0.4) is 0 Å². The summed E-state index contributed by atoms with van der Waals surface area (Å²) in [7, 11) is 0. The Morgan fingerprint density at radius 2 is 1.65 bits per heavy atom. The number of aromatic hydroxyl groups is 1. The highest BCUT2D eigenvalue weighted by Crippen LogP contribution is 2.19. The Kier molecular flexibility index (Phi) is 4.01. The van der Waals surface area contributed by atoms with Gasteiger partial charge in [0.2, 0.25) is 0 Å². The maximum Gasteiger partial charge on any atom is 0.178 e. The smallest absolute Gasteiger partial charge is 0.178 e. The van der Waals surface area contributed by atoms with Crippen molar-refractivity contribution in [3.63, 3.8) is 0 Å². The number of nitrogens with one attached hydrogen (secondary N) is 1. The van der Waals surface area contributed by atoms with E-state index >= 15 is 0 Å². The molecule has 0 atom stereocenters. The molecule has 6 nitrogen and oxygen atoms in total. The van der Waals surface area contributed by atoms with Crippen LogP contribution in [0.1, 0.15) is 22.5 Å². The zero-order valence-electron chi connectivity index (χ0n) is 14.6. The Labute approximate surface area is 151 Å². The Balaban J connectivity index is 1.64. The number of anilines is 2. The lowest BCUT2D eigenvalue weighted by atomic mass is 10.1. The highest BCUT2D eigenvalue weighted by molar-refractivity contribution is 5.59. The number of aromatic nitrogens is 4. The number of rotatable bonds is 4. The van der Waals surface area contributed by atoms with Crippen molar-refractivity contribution in [3.05, 3.63) is 77.1 Å². The summed E-state index contributed by atoms with van der Waals surface area (Å²) in [5, 5.41) is 25.8. The van der Waals surface area contributed by atoms with Gasteiger partial charge in [0.15, 0.2) is 17.3 Å².